The van der Waals surface area contributed by atoms with Crippen LogP contribution in [-0.2, 0) is 0 Å². The number of carbonyl (C=O) groups is 1. The summed E-state index contributed by atoms with van der Waals surface area (Å²) in [5, 5.41) is 8.21. The van der Waals surface area contributed by atoms with Crippen molar-refractivity contribution >= 4 is 28.6 Å². The average molecular weight is 303 g/mol. The fourth-order valence-electron chi connectivity index (χ4n) is 2.27. The van der Waals surface area contributed by atoms with Gasteiger partial charge >= 0.3 is 0 Å². The van der Waals surface area contributed by atoms with Crippen molar-refractivity contribution in [1.29, 1.82) is 0 Å². The monoisotopic (exact) mass is 303 g/mol. The minimum atomic E-state index is -0.112. The van der Waals surface area contributed by atoms with Gasteiger partial charge in [0.15, 0.2) is 0 Å². The van der Waals surface area contributed by atoms with Gasteiger partial charge in [0.2, 0.25) is 0 Å². The molecule has 0 aliphatic carbocycles. The summed E-state index contributed by atoms with van der Waals surface area (Å²) >= 11 is 1.72. The van der Waals surface area contributed by atoms with Gasteiger partial charge in [0.1, 0.15) is 0 Å². The highest BCUT2D eigenvalue weighted by Crippen LogP contribution is 2.30. The van der Waals surface area contributed by atoms with Crippen LogP contribution in [0.3, 0.4) is 0 Å². The van der Waals surface area contributed by atoms with Gasteiger partial charge in [-0.3, -0.25) is 4.79 Å². The molecule has 2 rings (SSSR count). The summed E-state index contributed by atoms with van der Waals surface area (Å²) in [5.74, 6) is -0.112. The van der Waals surface area contributed by atoms with E-state index >= 15 is 0 Å². The van der Waals surface area contributed by atoms with Crippen LogP contribution in [0.5, 0.6) is 0 Å². The van der Waals surface area contributed by atoms with Crippen LogP contribution in [0.1, 0.15) is 41.0 Å². The predicted molar refractivity (Wildman–Crippen MR) is 89.8 cm³/mol. The van der Waals surface area contributed by atoms with E-state index in [0.717, 1.165) is 18.5 Å². The van der Waals surface area contributed by atoms with Gasteiger partial charge in [-0.05, 0) is 36.1 Å². The van der Waals surface area contributed by atoms with E-state index < -0.39 is 0 Å². The number of nitrogen functional groups attached to an aromatic ring is 1. The van der Waals surface area contributed by atoms with Gasteiger partial charge in [0, 0.05) is 23.3 Å². The smallest absolute Gasteiger partial charge is 0.253 e. The van der Waals surface area contributed by atoms with Crippen LogP contribution in [0.15, 0.2) is 35.7 Å². The molecule has 1 amide bonds. The largest absolute Gasteiger partial charge is 0.399 e. The molecule has 0 fully saturated rings. The quantitative estimate of drug-likeness (QED) is 0.714. The number of hydrogen-bond donors (Lipinski definition) is 3. The molecule has 1 unspecified atom stereocenters. The summed E-state index contributed by atoms with van der Waals surface area (Å²) < 4.78 is 0. The van der Waals surface area contributed by atoms with E-state index in [1.165, 1.54) is 4.88 Å². The first-order valence-electron chi connectivity index (χ1n) is 7.07. The molecule has 112 valence electrons. The van der Waals surface area contributed by atoms with Gasteiger partial charge in [-0.1, -0.05) is 19.4 Å². The summed E-state index contributed by atoms with van der Waals surface area (Å²) in [6, 6.07) is 9.68. The Morgan fingerprint density at radius 1 is 1.38 bits per heavy atom. The Bertz CT molecular complexity index is 596. The number of thiophene rings is 1. The Morgan fingerprint density at radius 3 is 2.81 bits per heavy atom. The lowest BCUT2D eigenvalue weighted by molar-refractivity contribution is 0.0964. The molecule has 1 aromatic heterocycles. The highest BCUT2D eigenvalue weighted by Gasteiger charge is 2.16. The SMILES string of the molecule is CCCC(Nc1cc(N)ccc1C(=O)NC)c1cccs1. The lowest BCUT2D eigenvalue weighted by Gasteiger charge is -2.20. The van der Waals surface area contributed by atoms with Gasteiger partial charge < -0.3 is 16.4 Å². The second kappa shape index (κ2) is 7.13. The van der Waals surface area contributed by atoms with E-state index in [1.807, 2.05) is 12.1 Å². The van der Waals surface area contributed by atoms with Crippen LogP contribution in [0.2, 0.25) is 0 Å². The standard InChI is InChI=1S/C16H21N3OS/c1-3-5-13(15-6-4-9-21-15)19-14-10-11(17)7-8-12(14)16(20)18-2/h4,6-10,13,19H,3,5,17H2,1-2H3,(H,18,20). The van der Waals surface area contributed by atoms with Gasteiger partial charge in [0.05, 0.1) is 11.6 Å². The molecule has 1 aromatic carbocycles. The number of amides is 1. The average Bonchev–Trinajstić information content (AvgIpc) is 3.00. The zero-order chi connectivity index (χ0) is 15.2. The molecule has 0 saturated carbocycles. The number of anilines is 2. The van der Waals surface area contributed by atoms with E-state index in [9.17, 15) is 4.79 Å². The topological polar surface area (TPSA) is 67.1 Å². The number of nitrogens with two attached hydrogens (primary N) is 1. The fraction of sp³-hybridized carbons (Fsp3) is 0.312. The van der Waals surface area contributed by atoms with Gasteiger partial charge in [0.25, 0.3) is 5.91 Å². The first-order valence-corrected chi connectivity index (χ1v) is 7.95. The molecule has 0 aliphatic rings. The molecule has 0 aliphatic heterocycles. The Balaban J connectivity index is 2.31. The fourth-order valence-corrected chi connectivity index (χ4v) is 3.08. The van der Waals surface area contributed by atoms with Crippen LogP contribution < -0.4 is 16.4 Å². The highest BCUT2D eigenvalue weighted by atomic mass is 32.1. The Morgan fingerprint density at radius 2 is 2.19 bits per heavy atom. The Kier molecular flexibility index (Phi) is 5.22. The van der Waals surface area contributed by atoms with E-state index in [2.05, 4.69) is 29.0 Å². The Hall–Kier alpha value is -2.01. The molecular formula is C16H21N3OS. The zero-order valence-electron chi connectivity index (χ0n) is 12.3. The molecule has 5 heteroatoms. The summed E-state index contributed by atoms with van der Waals surface area (Å²) in [7, 11) is 1.63. The molecule has 0 radical (unpaired) electrons. The maximum absolute atomic E-state index is 12.0. The maximum Gasteiger partial charge on any atom is 0.253 e. The minimum absolute atomic E-state index is 0.112. The number of rotatable bonds is 6. The van der Waals surface area contributed by atoms with Crippen LogP contribution in [-0.4, -0.2) is 13.0 Å². The molecule has 2 aromatic rings. The number of nitrogens with one attached hydrogen (secondary N) is 2. The molecule has 4 nitrogen and oxygen atoms in total. The van der Waals surface area contributed by atoms with Gasteiger partial charge in [-0.2, -0.15) is 0 Å². The molecule has 1 atom stereocenters. The predicted octanol–water partition coefficient (Wildman–Crippen LogP) is 3.64. The van der Waals surface area contributed by atoms with Crippen LogP contribution in [0.4, 0.5) is 11.4 Å². The van der Waals surface area contributed by atoms with Gasteiger partial charge in [-0.25, -0.2) is 0 Å². The van der Waals surface area contributed by atoms with Gasteiger partial charge in [-0.15, -0.1) is 11.3 Å². The van der Waals surface area contributed by atoms with Crippen molar-refractivity contribution in [1.82, 2.24) is 5.32 Å². The van der Waals surface area contributed by atoms with Crippen molar-refractivity contribution in [2.45, 2.75) is 25.8 Å². The number of carbonyl (C=O) groups excluding carboxylic acids is 1. The van der Waals surface area contributed by atoms with E-state index in [4.69, 9.17) is 5.73 Å². The first kappa shape index (κ1) is 15.4. The normalized spacial score (nSPS) is 11.9. The third-order valence-electron chi connectivity index (χ3n) is 3.31. The van der Waals surface area contributed by atoms with E-state index in [0.29, 0.717) is 11.3 Å². The molecule has 1 heterocycles. The van der Waals surface area contributed by atoms with Crippen LogP contribution in [0, 0.1) is 0 Å². The van der Waals surface area contributed by atoms with Crippen molar-refractivity contribution in [3.8, 4) is 0 Å². The van der Waals surface area contributed by atoms with E-state index in [-0.39, 0.29) is 11.9 Å². The molecule has 0 saturated heterocycles. The molecule has 4 N–H and O–H groups in total. The first-order chi connectivity index (χ1) is 10.2. The molecule has 0 spiro atoms. The van der Waals surface area contributed by atoms with Crippen molar-refractivity contribution in [3.05, 3.63) is 46.2 Å². The second-order valence-corrected chi connectivity index (χ2v) is 5.86. The third-order valence-corrected chi connectivity index (χ3v) is 4.30. The minimum Gasteiger partial charge on any atom is -0.399 e. The van der Waals surface area contributed by atoms with Crippen LogP contribution >= 0.6 is 11.3 Å². The lowest BCUT2D eigenvalue weighted by atomic mass is 10.1. The number of benzene rings is 1. The molecule has 0 bridgehead atoms. The van der Waals surface area contributed by atoms with E-state index in [1.54, 1.807) is 30.5 Å². The Labute approximate surface area is 129 Å². The molecular weight excluding hydrogens is 282 g/mol. The van der Waals surface area contributed by atoms with Crippen LogP contribution in [0.25, 0.3) is 0 Å². The van der Waals surface area contributed by atoms with Crippen molar-refractivity contribution in [2.24, 2.45) is 0 Å². The van der Waals surface area contributed by atoms with Crippen molar-refractivity contribution < 1.29 is 4.79 Å². The summed E-state index contributed by atoms with van der Waals surface area (Å²) in [6.45, 7) is 2.15. The summed E-state index contributed by atoms with van der Waals surface area (Å²) in [5.41, 5.74) is 7.91. The van der Waals surface area contributed by atoms with Crippen molar-refractivity contribution in [3.63, 3.8) is 0 Å². The highest BCUT2D eigenvalue weighted by molar-refractivity contribution is 7.10. The zero-order valence-corrected chi connectivity index (χ0v) is 13.2. The lowest BCUT2D eigenvalue weighted by Crippen LogP contribution is -2.21. The summed E-state index contributed by atoms with van der Waals surface area (Å²) in [4.78, 5) is 13.2. The second-order valence-electron chi connectivity index (χ2n) is 4.89. The number of hydrogen-bond acceptors (Lipinski definition) is 4. The third kappa shape index (κ3) is 3.76. The molecule has 21 heavy (non-hydrogen) atoms. The maximum atomic E-state index is 12.0. The summed E-state index contributed by atoms with van der Waals surface area (Å²) in [6.07, 6.45) is 2.07. The van der Waals surface area contributed by atoms with Crippen molar-refractivity contribution in [2.75, 3.05) is 18.1 Å².